The van der Waals surface area contributed by atoms with Crippen LogP contribution in [0.15, 0.2) is 17.3 Å². The fourth-order valence-electron chi connectivity index (χ4n) is 2.61. The fourth-order valence-corrected chi connectivity index (χ4v) is 3.96. The van der Waals surface area contributed by atoms with Gasteiger partial charge in [-0.15, -0.1) is 0 Å². The molecule has 1 saturated heterocycles. The standard InChI is InChI=1S/C13H24N4O2S/c1-5-16-9-12(13(3,4)10-16)15-20(18,19)11-7-14-17(6-2)8-11/h7-8,12,15H,5-6,9-10H2,1-4H3/t12-/m0/s1. The minimum absolute atomic E-state index is 0.0656. The molecule has 0 radical (unpaired) electrons. The van der Waals surface area contributed by atoms with Crippen molar-refractivity contribution in [2.45, 2.75) is 45.2 Å². The first-order valence-electron chi connectivity index (χ1n) is 7.05. The van der Waals surface area contributed by atoms with E-state index in [1.54, 1.807) is 10.9 Å². The van der Waals surface area contributed by atoms with Crippen LogP contribution in [0.4, 0.5) is 0 Å². The van der Waals surface area contributed by atoms with E-state index >= 15 is 0 Å². The number of nitrogens with zero attached hydrogens (tertiary/aromatic N) is 3. The smallest absolute Gasteiger partial charge is 0.244 e. The Morgan fingerprint density at radius 3 is 2.60 bits per heavy atom. The molecular formula is C13H24N4O2S. The summed E-state index contributed by atoms with van der Waals surface area (Å²) in [7, 11) is -3.50. The average molecular weight is 300 g/mol. The molecule has 2 heterocycles. The van der Waals surface area contributed by atoms with Gasteiger partial charge in [0.15, 0.2) is 0 Å². The predicted molar refractivity (Wildman–Crippen MR) is 77.9 cm³/mol. The molecule has 1 aliphatic heterocycles. The number of hydrogen-bond acceptors (Lipinski definition) is 4. The molecule has 1 aliphatic rings. The summed E-state index contributed by atoms with van der Waals surface area (Å²) in [5, 5.41) is 4.03. The van der Waals surface area contributed by atoms with Crippen molar-refractivity contribution in [3.05, 3.63) is 12.4 Å². The minimum atomic E-state index is -3.50. The first-order valence-corrected chi connectivity index (χ1v) is 8.54. The minimum Gasteiger partial charge on any atom is -0.301 e. The molecule has 1 aromatic rings. The van der Waals surface area contributed by atoms with Gasteiger partial charge in [-0.3, -0.25) is 4.68 Å². The largest absolute Gasteiger partial charge is 0.301 e. The summed E-state index contributed by atoms with van der Waals surface area (Å²) in [4.78, 5) is 2.51. The molecule has 0 spiro atoms. The third-order valence-corrected chi connectivity index (χ3v) is 5.43. The number of aryl methyl sites for hydroxylation is 1. The highest BCUT2D eigenvalue weighted by atomic mass is 32.2. The molecule has 2 rings (SSSR count). The molecule has 114 valence electrons. The molecule has 0 unspecified atom stereocenters. The van der Waals surface area contributed by atoms with Gasteiger partial charge in [0.2, 0.25) is 10.0 Å². The molecule has 1 atom stereocenters. The molecule has 1 fully saturated rings. The topological polar surface area (TPSA) is 67.2 Å². The van der Waals surface area contributed by atoms with E-state index < -0.39 is 10.0 Å². The van der Waals surface area contributed by atoms with Gasteiger partial charge in [0, 0.05) is 31.9 Å². The van der Waals surface area contributed by atoms with E-state index in [0.717, 1.165) is 19.6 Å². The lowest BCUT2D eigenvalue weighted by atomic mass is 9.89. The van der Waals surface area contributed by atoms with E-state index in [9.17, 15) is 8.42 Å². The number of likely N-dealkylation sites (tertiary alicyclic amines) is 1. The van der Waals surface area contributed by atoms with Crippen LogP contribution >= 0.6 is 0 Å². The Bertz CT molecular complexity index is 565. The summed E-state index contributed by atoms with van der Waals surface area (Å²) in [6.45, 7) is 11.5. The Morgan fingerprint density at radius 2 is 2.10 bits per heavy atom. The summed E-state index contributed by atoms with van der Waals surface area (Å²) in [6, 6.07) is -0.0718. The van der Waals surface area contributed by atoms with Gasteiger partial charge in [0.05, 0.1) is 6.20 Å². The van der Waals surface area contributed by atoms with Crippen LogP contribution in [-0.2, 0) is 16.6 Å². The molecule has 7 heteroatoms. The highest BCUT2D eigenvalue weighted by Gasteiger charge is 2.41. The number of nitrogens with one attached hydrogen (secondary N) is 1. The third kappa shape index (κ3) is 3.05. The monoisotopic (exact) mass is 300 g/mol. The summed E-state index contributed by atoms with van der Waals surface area (Å²) >= 11 is 0. The zero-order valence-corrected chi connectivity index (χ0v) is 13.4. The second kappa shape index (κ2) is 5.46. The van der Waals surface area contributed by atoms with Crippen molar-refractivity contribution < 1.29 is 8.42 Å². The number of aromatic nitrogens is 2. The lowest BCUT2D eigenvalue weighted by Crippen LogP contribution is -2.44. The van der Waals surface area contributed by atoms with Crippen LogP contribution in [0.3, 0.4) is 0 Å². The lowest BCUT2D eigenvalue weighted by Gasteiger charge is -2.26. The zero-order valence-electron chi connectivity index (χ0n) is 12.6. The van der Waals surface area contributed by atoms with Gasteiger partial charge in [-0.05, 0) is 18.9 Å². The van der Waals surface area contributed by atoms with Crippen molar-refractivity contribution in [3.8, 4) is 0 Å². The van der Waals surface area contributed by atoms with Gasteiger partial charge in [-0.25, -0.2) is 13.1 Å². The normalized spacial score (nSPS) is 23.3. The number of likely N-dealkylation sites (N-methyl/N-ethyl adjacent to an activating group) is 1. The summed E-state index contributed by atoms with van der Waals surface area (Å²) < 4.78 is 29.3. The number of hydrogen-bond donors (Lipinski definition) is 1. The first kappa shape index (κ1) is 15.5. The van der Waals surface area contributed by atoms with Gasteiger partial charge in [0.1, 0.15) is 4.90 Å². The maximum atomic E-state index is 12.4. The van der Waals surface area contributed by atoms with Crippen molar-refractivity contribution in [2.24, 2.45) is 5.41 Å². The number of rotatable bonds is 5. The van der Waals surface area contributed by atoms with Gasteiger partial charge in [-0.2, -0.15) is 5.10 Å². The van der Waals surface area contributed by atoms with Crippen LogP contribution in [0.5, 0.6) is 0 Å². The molecule has 1 aromatic heterocycles. The first-order chi connectivity index (χ1) is 9.28. The van der Waals surface area contributed by atoms with Gasteiger partial charge in [-0.1, -0.05) is 20.8 Å². The van der Waals surface area contributed by atoms with Crippen LogP contribution < -0.4 is 4.72 Å². The summed E-state index contributed by atoms with van der Waals surface area (Å²) in [5.74, 6) is 0. The van der Waals surface area contributed by atoms with E-state index in [2.05, 4.69) is 35.5 Å². The maximum Gasteiger partial charge on any atom is 0.244 e. The van der Waals surface area contributed by atoms with Crippen LogP contribution in [0, 0.1) is 5.41 Å². The molecule has 0 bridgehead atoms. The van der Waals surface area contributed by atoms with E-state index in [1.165, 1.54) is 6.20 Å². The van der Waals surface area contributed by atoms with Crippen molar-refractivity contribution in [2.75, 3.05) is 19.6 Å². The molecule has 0 aliphatic carbocycles. The van der Waals surface area contributed by atoms with Crippen molar-refractivity contribution in [1.29, 1.82) is 0 Å². The quantitative estimate of drug-likeness (QED) is 0.878. The van der Waals surface area contributed by atoms with E-state index in [0.29, 0.717) is 6.54 Å². The van der Waals surface area contributed by atoms with Crippen molar-refractivity contribution in [3.63, 3.8) is 0 Å². The lowest BCUT2D eigenvalue weighted by molar-refractivity contribution is 0.295. The second-order valence-corrected chi connectivity index (χ2v) is 7.74. The van der Waals surface area contributed by atoms with Gasteiger partial charge < -0.3 is 4.90 Å². The van der Waals surface area contributed by atoms with Gasteiger partial charge in [0.25, 0.3) is 0 Å². The molecule has 0 amide bonds. The Kier molecular flexibility index (Phi) is 4.22. The van der Waals surface area contributed by atoms with Crippen LogP contribution in [0.2, 0.25) is 0 Å². The van der Waals surface area contributed by atoms with E-state index in [1.807, 2.05) is 6.92 Å². The van der Waals surface area contributed by atoms with Crippen molar-refractivity contribution >= 4 is 10.0 Å². The SMILES string of the molecule is CCN1C[C@H](NS(=O)(=O)c2cnn(CC)c2)C(C)(C)C1. The van der Waals surface area contributed by atoms with Crippen LogP contribution in [0.1, 0.15) is 27.7 Å². The zero-order chi connectivity index (χ0) is 15.0. The molecule has 0 aromatic carbocycles. The molecule has 0 saturated carbocycles. The Morgan fingerprint density at radius 1 is 1.40 bits per heavy atom. The second-order valence-electron chi connectivity index (χ2n) is 6.02. The molecular weight excluding hydrogens is 276 g/mol. The Balaban J connectivity index is 2.16. The summed E-state index contributed by atoms with van der Waals surface area (Å²) in [6.07, 6.45) is 2.98. The molecule has 1 N–H and O–H groups in total. The highest BCUT2D eigenvalue weighted by molar-refractivity contribution is 7.89. The van der Waals surface area contributed by atoms with E-state index in [-0.39, 0.29) is 16.4 Å². The van der Waals surface area contributed by atoms with Crippen LogP contribution in [0.25, 0.3) is 0 Å². The molecule has 6 nitrogen and oxygen atoms in total. The average Bonchev–Trinajstić information content (AvgIpc) is 2.94. The molecule has 20 heavy (non-hydrogen) atoms. The third-order valence-electron chi connectivity index (χ3n) is 4.00. The van der Waals surface area contributed by atoms with Crippen molar-refractivity contribution in [1.82, 2.24) is 19.4 Å². The Hall–Kier alpha value is -0.920. The predicted octanol–water partition coefficient (Wildman–Crippen LogP) is 0.912. The fraction of sp³-hybridized carbons (Fsp3) is 0.769. The van der Waals surface area contributed by atoms with E-state index in [4.69, 9.17) is 0 Å². The number of sulfonamides is 1. The van der Waals surface area contributed by atoms with Crippen LogP contribution in [-0.4, -0.2) is 48.8 Å². The summed E-state index contributed by atoms with van der Waals surface area (Å²) in [5.41, 5.74) is -0.0656. The van der Waals surface area contributed by atoms with Gasteiger partial charge >= 0.3 is 0 Å². The highest BCUT2D eigenvalue weighted by Crippen LogP contribution is 2.30. The Labute approximate surface area is 121 Å². The maximum absolute atomic E-state index is 12.4.